The molecule has 26 heavy (non-hydrogen) atoms. The van der Waals surface area contributed by atoms with Crippen molar-refractivity contribution in [2.75, 3.05) is 10.6 Å². The lowest BCUT2D eigenvalue weighted by Crippen LogP contribution is -2.16. The Labute approximate surface area is 156 Å². The average molecular weight is 372 g/mol. The first kappa shape index (κ1) is 18.1. The van der Waals surface area contributed by atoms with Gasteiger partial charge in [0.25, 0.3) is 0 Å². The largest absolute Gasteiger partial charge is 0.352 e. The third-order valence-electron chi connectivity index (χ3n) is 3.87. The Hall–Kier alpha value is -2.73. The van der Waals surface area contributed by atoms with Crippen molar-refractivity contribution in [1.29, 1.82) is 0 Å². The van der Waals surface area contributed by atoms with Crippen LogP contribution in [0.3, 0.4) is 0 Å². The number of nitrogens with one attached hydrogen (secondary N) is 2. The van der Waals surface area contributed by atoms with E-state index in [0.717, 1.165) is 17.7 Å². The highest BCUT2D eigenvalue weighted by atomic mass is 35.5. The van der Waals surface area contributed by atoms with E-state index >= 15 is 0 Å². The van der Waals surface area contributed by atoms with Crippen LogP contribution in [-0.2, 0) is 0 Å². The van der Waals surface area contributed by atoms with E-state index in [-0.39, 0.29) is 11.1 Å². The highest BCUT2D eigenvalue weighted by molar-refractivity contribution is 6.33. The normalized spacial score (nSPS) is 11.8. The molecule has 0 radical (unpaired) electrons. The van der Waals surface area contributed by atoms with Gasteiger partial charge in [-0.2, -0.15) is 4.98 Å². The van der Waals surface area contributed by atoms with E-state index in [1.54, 1.807) is 24.5 Å². The van der Waals surface area contributed by atoms with Gasteiger partial charge in [-0.1, -0.05) is 18.5 Å². The summed E-state index contributed by atoms with van der Waals surface area (Å²) in [6, 6.07) is 9.98. The summed E-state index contributed by atoms with van der Waals surface area (Å²) in [5.74, 6) is 0.665. The summed E-state index contributed by atoms with van der Waals surface area (Å²) in [7, 11) is 0. The summed E-state index contributed by atoms with van der Waals surface area (Å²) >= 11 is 6.11. The van der Waals surface area contributed by atoms with Crippen LogP contribution in [-0.4, -0.2) is 21.0 Å². The molecule has 0 bridgehead atoms. The first-order valence-electron chi connectivity index (χ1n) is 8.33. The van der Waals surface area contributed by atoms with Gasteiger partial charge in [-0.25, -0.2) is 9.37 Å². The second-order valence-corrected chi connectivity index (χ2v) is 6.31. The lowest BCUT2D eigenvalue weighted by molar-refractivity contribution is 0.628. The van der Waals surface area contributed by atoms with Crippen molar-refractivity contribution in [3.63, 3.8) is 0 Å². The number of hydrogen-bond donors (Lipinski definition) is 2. The molecule has 5 nitrogen and oxygen atoms in total. The molecule has 0 unspecified atom stereocenters. The van der Waals surface area contributed by atoms with Crippen molar-refractivity contribution in [3.8, 4) is 11.3 Å². The quantitative estimate of drug-likeness (QED) is 0.616. The number of nitrogens with zero attached hydrogens (tertiary/aromatic N) is 3. The van der Waals surface area contributed by atoms with Gasteiger partial charge >= 0.3 is 0 Å². The van der Waals surface area contributed by atoms with Crippen LogP contribution in [0.2, 0.25) is 5.02 Å². The van der Waals surface area contributed by atoms with E-state index in [1.807, 2.05) is 12.1 Å². The molecule has 2 heterocycles. The minimum Gasteiger partial charge on any atom is -0.352 e. The predicted octanol–water partition coefficient (Wildman–Crippen LogP) is 5.29. The van der Waals surface area contributed by atoms with E-state index in [1.165, 1.54) is 12.1 Å². The van der Waals surface area contributed by atoms with Gasteiger partial charge in [0.15, 0.2) is 0 Å². The van der Waals surface area contributed by atoms with Crippen LogP contribution in [0, 0.1) is 5.82 Å². The Balaban J connectivity index is 1.98. The second-order valence-electron chi connectivity index (χ2n) is 5.91. The fraction of sp³-hybridized carbons (Fsp3) is 0.211. The third kappa shape index (κ3) is 4.46. The van der Waals surface area contributed by atoms with Crippen LogP contribution < -0.4 is 10.6 Å². The van der Waals surface area contributed by atoms with Gasteiger partial charge in [-0.15, -0.1) is 0 Å². The Kier molecular flexibility index (Phi) is 5.63. The number of aromatic nitrogens is 3. The molecule has 0 aliphatic heterocycles. The number of hydrogen-bond acceptors (Lipinski definition) is 5. The Morgan fingerprint density at radius 3 is 2.73 bits per heavy atom. The zero-order valence-corrected chi connectivity index (χ0v) is 15.3. The molecule has 3 rings (SSSR count). The molecule has 1 aromatic carbocycles. The van der Waals surface area contributed by atoms with Crippen LogP contribution in [0.25, 0.3) is 11.3 Å². The molecule has 2 N–H and O–H groups in total. The van der Waals surface area contributed by atoms with Crippen LogP contribution in [0.15, 0.2) is 48.8 Å². The molecule has 2 aromatic heterocycles. The molecule has 1 atom stereocenters. The molecule has 0 saturated carbocycles. The summed E-state index contributed by atoms with van der Waals surface area (Å²) in [5.41, 5.74) is 2.16. The monoisotopic (exact) mass is 371 g/mol. The Bertz CT molecular complexity index is 888. The maximum Gasteiger partial charge on any atom is 0.225 e. The number of rotatable bonds is 6. The highest BCUT2D eigenvalue weighted by Gasteiger charge is 2.10. The lowest BCUT2D eigenvalue weighted by atomic mass is 10.2. The maximum absolute atomic E-state index is 13.3. The van der Waals surface area contributed by atoms with Gasteiger partial charge in [-0.3, -0.25) is 4.98 Å². The third-order valence-corrected chi connectivity index (χ3v) is 4.18. The summed E-state index contributed by atoms with van der Waals surface area (Å²) < 4.78 is 13.3. The molecule has 7 heteroatoms. The fourth-order valence-corrected chi connectivity index (χ4v) is 2.50. The molecule has 134 valence electrons. The maximum atomic E-state index is 13.3. The molecule has 0 saturated heterocycles. The van der Waals surface area contributed by atoms with Crippen molar-refractivity contribution in [2.45, 2.75) is 26.3 Å². The smallest absolute Gasteiger partial charge is 0.225 e. The van der Waals surface area contributed by atoms with Crippen molar-refractivity contribution in [2.24, 2.45) is 0 Å². The number of anilines is 3. The van der Waals surface area contributed by atoms with Crippen molar-refractivity contribution in [3.05, 3.63) is 59.6 Å². The van der Waals surface area contributed by atoms with E-state index in [2.05, 4.69) is 39.4 Å². The van der Waals surface area contributed by atoms with Crippen molar-refractivity contribution in [1.82, 2.24) is 15.0 Å². The number of pyridine rings is 1. The first-order chi connectivity index (χ1) is 12.5. The van der Waals surface area contributed by atoms with Crippen molar-refractivity contribution >= 4 is 29.1 Å². The zero-order chi connectivity index (χ0) is 18.5. The highest BCUT2D eigenvalue weighted by Crippen LogP contribution is 2.28. The van der Waals surface area contributed by atoms with Gasteiger partial charge in [0.1, 0.15) is 11.6 Å². The molecule has 0 aliphatic rings. The standard InChI is InChI=1S/C19H19ClFN5/c1-3-12(2)23-19-25-17(13-5-4-8-22-11-13)10-18(26-19)24-16-7-6-14(21)9-15(16)20/h4-12H,3H2,1-2H3,(H2,23,24,25,26)/t12-/m1/s1. The number of benzene rings is 1. The molecule has 0 fully saturated rings. The molecule has 0 aliphatic carbocycles. The average Bonchev–Trinajstić information content (AvgIpc) is 2.64. The SMILES string of the molecule is CC[C@@H](C)Nc1nc(Nc2ccc(F)cc2Cl)cc(-c2cccnc2)n1. The van der Waals surface area contributed by atoms with Gasteiger partial charge in [-0.05, 0) is 43.7 Å². The predicted molar refractivity (Wildman–Crippen MR) is 103 cm³/mol. The second kappa shape index (κ2) is 8.10. The topological polar surface area (TPSA) is 62.7 Å². The molecule has 3 aromatic rings. The lowest BCUT2D eigenvalue weighted by Gasteiger charge is -2.15. The van der Waals surface area contributed by atoms with Gasteiger partial charge < -0.3 is 10.6 Å². The molecular formula is C19H19ClFN5. The van der Waals surface area contributed by atoms with Gasteiger partial charge in [0, 0.05) is 30.1 Å². The van der Waals surface area contributed by atoms with E-state index in [4.69, 9.17) is 11.6 Å². The zero-order valence-electron chi connectivity index (χ0n) is 14.5. The van der Waals surface area contributed by atoms with Gasteiger partial charge in [0.05, 0.1) is 16.4 Å². The Morgan fingerprint density at radius 2 is 2.04 bits per heavy atom. The van der Waals surface area contributed by atoms with Crippen LogP contribution in [0.5, 0.6) is 0 Å². The van der Waals surface area contributed by atoms with E-state index < -0.39 is 5.82 Å². The summed E-state index contributed by atoms with van der Waals surface area (Å²) in [5, 5.41) is 6.69. The minimum atomic E-state index is -0.390. The number of halogens is 2. The summed E-state index contributed by atoms with van der Waals surface area (Å²) in [4.78, 5) is 13.2. The minimum absolute atomic E-state index is 0.224. The summed E-state index contributed by atoms with van der Waals surface area (Å²) in [6.45, 7) is 4.14. The van der Waals surface area contributed by atoms with E-state index in [9.17, 15) is 4.39 Å². The first-order valence-corrected chi connectivity index (χ1v) is 8.71. The van der Waals surface area contributed by atoms with Gasteiger partial charge in [0.2, 0.25) is 5.95 Å². The molecule has 0 amide bonds. The fourth-order valence-electron chi connectivity index (χ4n) is 2.29. The van der Waals surface area contributed by atoms with Crippen LogP contribution in [0.4, 0.5) is 21.8 Å². The van der Waals surface area contributed by atoms with Crippen LogP contribution >= 0.6 is 11.6 Å². The summed E-state index contributed by atoms with van der Waals surface area (Å²) in [6.07, 6.45) is 4.39. The van der Waals surface area contributed by atoms with E-state index in [0.29, 0.717) is 17.5 Å². The molecular weight excluding hydrogens is 353 g/mol. The Morgan fingerprint density at radius 1 is 1.19 bits per heavy atom. The van der Waals surface area contributed by atoms with Crippen molar-refractivity contribution < 1.29 is 4.39 Å². The molecule has 0 spiro atoms. The van der Waals surface area contributed by atoms with Crippen LogP contribution in [0.1, 0.15) is 20.3 Å².